The molecule has 0 saturated heterocycles. The number of rotatable bonds is 1. The zero-order valence-electron chi connectivity index (χ0n) is 6.80. The van der Waals surface area contributed by atoms with Crippen LogP contribution in [0.2, 0.25) is 10.0 Å². The van der Waals surface area contributed by atoms with Crippen LogP contribution < -0.4 is 5.73 Å². The van der Waals surface area contributed by atoms with Gasteiger partial charge in [0.2, 0.25) is 0 Å². The molecule has 1 rings (SSSR count). The van der Waals surface area contributed by atoms with Gasteiger partial charge in [-0.2, -0.15) is 0 Å². The highest BCUT2D eigenvalue weighted by Gasteiger charge is 2.08. The maximum Gasteiger partial charge on any atom is 0.161 e. The Kier molecular flexibility index (Phi) is 4.54. The Morgan fingerprint density at radius 2 is 1.85 bits per heavy atom. The van der Waals surface area contributed by atoms with Gasteiger partial charge in [0, 0.05) is 5.56 Å². The number of Topliss-reactive ketones (excluding diaryl/α,β-unsaturated/α-hetero) is 1. The maximum atomic E-state index is 10.9. The average Bonchev–Trinajstić information content (AvgIpc) is 1.96. The molecule has 5 heteroatoms. The molecule has 2 nitrogen and oxygen atoms in total. The van der Waals surface area contributed by atoms with Crippen molar-refractivity contribution in [1.29, 1.82) is 0 Å². The number of halogens is 3. The monoisotopic (exact) mass is 239 g/mol. The van der Waals surface area contributed by atoms with Crippen LogP contribution in [0.15, 0.2) is 12.1 Å². The first-order valence-electron chi connectivity index (χ1n) is 3.28. The summed E-state index contributed by atoms with van der Waals surface area (Å²) in [6.07, 6.45) is 0. The smallest absolute Gasteiger partial charge is 0.161 e. The van der Waals surface area contributed by atoms with Gasteiger partial charge in [-0.1, -0.05) is 23.2 Å². The van der Waals surface area contributed by atoms with E-state index in [2.05, 4.69) is 0 Å². The first-order chi connectivity index (χ1) is 5.52. The van der Waals surface area contributed by atoms with Gasteiger partial charge in [-0.25, -0.2) is 0 Å². The highest BCUT2D eigenvalue weighted by molar-refractivity contribution is 6.38. The van der Waals surface area contributed by atoms with Crippen LogP contribution >= 0.6 is 35.6 Å². The van der Waals surface area contributed by atoms with Gasteiger partial charge in [-0.3, -0.25) is 4.79 Å². The van der Waals surface area contributed by atoms with Gasteiger partial charge in [0.1, 0.15) is 0 Å². The van der Waals surface area contributed by atoms with E-state index in [0.29, 0.717) is 21.3 Å². The van der Waals surface area contributed by atoms with Crippen molar-refractivity contribution in [3.05, 3.63) is 27.7 Å². The minimum absolute atomic E-state index is 0. The average molecular weight is 241 g/mol. The Morgan fingerprint density at radius 1 is 1.31 bits per heavy atom. The number of carbonyl (C=O) groups is 1. The predicted molar refractivity (Wildman–Crippen MR) is 58.1 cm³/mol. The molecule has 0 amide bonds. The summed E-state index contributed by atoms with van der Waals surface area (Å²) in [5.74, 6) is -0.122. The molecule has 0 atom stereocenters. The summed E-state index contributed by atoms with van der Waals surface area (Å²) in [5.41, 5.74) is 6.25. The van der Waals surface area contributed by atoms with Gasteiger partial charge in [0.15, 0.2) is 5.78 Å². The van der Waals surface area contributed by atoms with Crippen LogP contribution in [0.5, 0.6) is 0 Å². The second kappa shape index (κ2) is 4.70. The summed E-state index contributed by atoms with van der Waals surface area (Å²) in [4.78, 5) is 10.9. The molecule has 0 spiro atoms. The third-order valence-electron chi connectivity index (χ3n) is 1.47. The molecule has 0 bridgehead atoms. The van der Waals surface area contributed by atoms with Crippen molar-refractivity contribution >= 4 is 47.1 Å². The SMILES string of the molecule is CC(=O)c1cc(N)c(Cl)cc1Cl.Cl. The van der Waals surface area contributed by atoms with Gasteiger partial charge in [0.05, 0.1) is 15.7 Å². The van der Waals surface area contributed by atoms with Crippen LogP contribution in [0.3, 0.4) is 0 Å². The fraction of sp³-hybridized carbons (Fsp3) is 0.125. The normalized spacial score (nSPS) is 9.15. The van der Waals surface area contributed by atoms with Crippen LogP contribution in [-0.2, 0) is 0 Å². The van der Waals surface area contributed by atoms with Gasteiger partial charge in [-0.05, 0) is 19.1 Å². The van der Waals surface area contributed by atoms with Crippen LogP contribution in [0.1, 0.15) is 17.3 Å². The second-order valence-corrected chi connectivity index (χ2v) is 3.22. The molecule has 0 fully saturated rings. The molecule has 0 aliphatic rings. The zero-order chi connectivity index (χ0) is 9.30. The van der Waals surface area contributed by atoms with Gasteiger partial charge < -0.3 is 5.73 Å². The quantitative estimate of drug-likeness (QED) is 0.605. The second-order valence-electron chi connectivity index (χ2n) is 2.41. The van der Waals surface area contributed by atoms with Crippen molar-refractivity contribution in [3.8, 4) is 0 Å². The van der Waals surface area contributed by atoms with Crippen molar-refractivity contribution in [2.24, 2.45) is 0 Å². The van der Waals surface area contributed by atoms with Crippen molar-refractivity contribution in [2.75, 3.05) is 5.73 Å². The molecule has 0 radical (unpaired) electrons. The van der Waals surface area contributed by atoms with Crippen LogP contribution in [0, 0.1) is 0 Å². The largest absolute Gasteiger partial charge is 0.398 e. The number of nitrogen functional groups attached to an aromatic ring is 1. The Labute approximate surface area is 92.4 Å². The highest BCUT2D eigenvalue weighted by Crippen LogP contribution is 2.27. The molecule has 0 saturated carbocycles. The third kappa shape index (κ3) is 2.76. The van der Waals surface area contributed by atoms with Gasteiger partial charge >= 0.3 is 0 Å². The molecule has 1 aromatic rings. The summed E-state index contributed by atoms with van der Waals surface area (Å²) in [5, 5.41) is 0.701. The fourth-order valence-electron chi connectivity index (χ4n) is 0.836. The molecule has 13 heavy (non-hydrogen) atoms. The number of hydrogen-bond acceptors (Lipinski definition) is 2. The topological polar surface area (TPSA) is 43.1 Å². The van der Waals surface area contributed by atoms with Crippen LogP contribution in [0.25, 0.3) is 0 Å². The summed E-state index contributed by atoms with van der Waals surface area (Å²) in [6.45, 7) is 1.43. The summed E-state index contributed by atoms with van der Waals surface area (Å²) in [7, 11) is 0. The lowest BCUT2D eigenvalue weighted by atomic mass is 10.1. The third-order valence-corrected chi connectivity index (χ3v) is 2.11. The Bertz CT molecular complexity index is 338. The maximum absolute atomic E-state index is 10.9. The van der Waals surface area contributed by atoms with E-state index in [9.17, 15) is 4.79 Å². The van der Waals surface area contributed by atoms with E-state index in [-0.39, 0.29) is 18.2 Å². The predicted octanol–water partition coefficient (Wildman–Crippen LogP) is 3.20. The zero-order valence-corrected chi connectivity index (χ0v) is 9.13. The van der Waals surface area contributed by atoms with E-state index in [4.69, 9.17) is 28.9 Å². The lowest BCUT2D eigenvalue weighted by Crippen LogP contribution is -1.96. The molecular formula is C8H8Cl3NO. The molecular weight excluding hydrogens is 232 g/mol. The lowest BCUT2D eigenvalue weighted by Gasteiger charge is -2.02. The van der Waals surface area contributed by atoms with E-state index < -0.39 is 0 Å². The Morgan fingerprint density at radius 3 is 2.31 bits per heavy atom. The molecule has 0 aliphatic carbocycles. The number of anilines is 1. The van der Waals surface area contributed by atoms with Gasteiger partial charge in [0.25, 0.3) is 0 Å². The molecule has 2 N–H and O–H groups in total. The fourth-order valence-corrected chi connectivity index (χ4v) is 1.35. The van der Waals surface area contributed by atoms with Crippen LogP contribution in [-0.4, -0.2) is 5.78 Å². The number of hydrogen-bond donors (Lipinski definition) is 1. The van der Waals surface area contributed by atoms with Crippen molar-refractivity contribution < 1.29 is 4.79 Å². The Hall–Kier alpha value is -0.440. The Balaban J connectivity index is 0.00000144. The summed E-state index contributed by atoms with van der Waals surface area (Å²) >= 11 is 11.4. The summed E-state index contributed by atoms with van der Waals surface area (Å²) < 4.78 is 0. The van der Waals surface area contributed by atoms with E-state index in [1.165, 1.54) is 19.1 Å². The number of nitrogens with two attached hydrogens (primary N) is 1. The first kappa shape index (κ1) is 12.6. The highest BCUT2D eigenvalue weighted by atomic mass is 35.5. The number of ketones is 1. The van der Waals surface area contributed by atoms with E-state index in [1.54, 1.807) is 0 Å². The van der Waals surface area contributed by atoms with E-state index in [1.807, 2.05) is 0 Å². The molecule has 0 unspecified atom stereocenters. The summed E-state index contributed by atoms with van der Waals surface area (Å²) in [6, 6.07) is 2.95. The minimum Gasteiger partial charge on any atom is -0.398 e. The van der Waals surface area contributed by atoms with Gasteiger partial charge in [-0.15, -0.1) is 12.4 Å². The van der Waals surface area contributed by atoms with E-state index >= 15 is 0 Å². The number of benzene rings is 1. The van der Waals surface area contributed by atoms with Crippen molar-refractivity contribution in [1.82, 2.24) is 0 Å². The molecule has 1 aromatic carbocycles. The van der Waals surface area contributed by atoms with Crippen LogP contribution in [0.4, 0.5) is 5.69 Å². The minimum atomic E-state index is -0.122. The van der Waals surface area contributed by atoms with Crippen molar-refractivity contribution in [3.63, 3.8) is 0 Å². The lowest BCUT2D eigenvalue weighted by molar-refractivity contribution is 0.101. The molecule has 72 valence electrons. The standard InChI is InChI=1S/C8H7Cl2NO.ClH/c1-4(12)5-2-8(11)7(10)3-6(5)9;/h2-3H,11H2,1H3;1H. The molecule has 0 heterocycles. The van der Waals surface area contributed by atoms with E-state index in [0.717, 1.165) is 0 Å². The van der Waals surface area contributed by atoms with Crippen molar-refractivity contribution in [2.45, 2.75) is 6.92 Å². The number of carbonyl (C=O) groups excluding carboxylic acids is 1. The first-order valence-corrected chi connectivity index (χ1v) is 4.03. The molecule has 0 aliphatic heterocycles. The molecule has 0 aromatic heterocycles.